The van der Waals surface area contributed by atoms with Crippen molar-refractivity contribution in [1.82, 2.24) is 0 Å². The Morgan fingerprint density at radius 2 is 1.37 bits per heavy atom. The Bertz CT molecular complexity index is 439. The Kier molecular flexibility index (Phi) is 5.48. The van der Waals surface area contributed by atoms with E-state index in [2.05, 4.69) is 20.8 Å². The van der Waals surface area contributed by atoms with E-state index in [0.29, 0.717) is 11.1 Å². The topological polar surface area (TPSA) is 43.4 Å². The lowest BCUT2D eigenvalue weighted by Crippen LogP contribution is -2.38. The first kappa shape index (κ1) is 15.6. The summed E-state index contributed by atoms with van der Waals surface area (Å²) in [6.07, 6.45) is 0. The number of Topliss-reactive ketones (excluding diaryl/α,β-unsaturated/α-hetero) is 1. The Morgan fingerprint density at radius 3 is 1.74 bits per heavy atom. The van der Waals surface area contributed by atoms with Gasteiger partial charge in [-0.2, -0.15) is 0 Å². The molecule has 0 fully saturated rings. The number of carbonyl (C=O) groups excluding carboxylic acids is 2. The average molecular weight is 278 g/mol. The van der Waals surface area contributed by atoms with Crippen molar-refractivity contribution in [1.29, 1.82) is 0 Å². The summed E-state index contributed by atoms with van der Waals surface area (Å²) in [6, 6.07) is 9.50. The lowest BCUT2D eigenvalue weighted by atomic mass is 10.1. The largest absolute Gasteiger partial charge is 0.516 e. The molecular weight excluding hydrogens is 256 g/mol. The Balaban J connectivity index is 2.86. The molecule has 0 amide bonds. The van der Waals surface area contributed by atoms with Crippen molar-refractivity contribution in [3.8, 4) is 0 Å². The molecule has 0 N–H and O–H groups in total. The van der Waals surface area contributed by atoms with Gasteiger partial charge in [0.1, 0.15) is 0 Å². The molecule has 0 atom stereocenters. The van der Waals surface area contributed by atoms with Crippen LogP contribution in [0.2, 0.25) is 18.1 Å². The van der Waals surface area contributed by atoms with Crippen LogP contribution in [-0.4, -0.2) is 20.1 Å². The summed E-state index contributed by atoms with van der Waals surface area (Å²) in [5, 5.41) is 0. The fraction of sp³-hybridized carbons (Fsp3) is 0.467. The van der Waals surface area contributed by atoms with Crippen LogP contribution in [0.4, 0.5) is 0 Å². The molecule has 0 aliphatic heterocycles. The summed E-state index contributed by atoms with van der Waals surface area (Å²) in [5.41, 5.74) is 1.14. The van der Waals surface area contributed by atoms with Gasteiger partial charge in [0.2, 0.25) is 0 Å². The number of rotatable bonds is 6. The predicted molar refractivity (Wildman–Crippen MR) is 79.1 cm³/mol. The van der Waals surface area contributed by atoms with Crippen molar-refractivity contribution in [3.05, 3.63) is 35.4 Å². The molecule has 1 aromatic carbocycles. The Labute approximate surface area is 116 Å². The molecule has 1 aromatic rings. The molecule has 0 unspecified atom stereocenters. The second-order valence-corrected chi connectivity index (χ2v) is 9.46. The fourth-order valence-electron chi connectivity index (χ4n) is 2.06. The standard InChI is InChI=1S/C15H22O3Si/c1-5-19(6-2,7-3)18-15(17)14-10-8-13(9-11-14)12(4)16/h8-11H,5-7H2,1-4H3. The van der Waals surface area contributed by atoms with Gasteiger partial charge < -0.3 is 4.43 Å². The van der Waals surface area contributed by atoms with E-state index in [-0.39, 0.29) is 11.8 Å². The molecule has 0 bridgehead atoms. The van der Waals surface area contributed by atoms with Gasteiger partial charge in [-0.1, -0.05) is 32.9 Å². The number of hydrogen-bond donors (Lipinski definition) is 0. The quantitative estimate of drug-likeness (QED) is 0.582. The Hall–Kier alpha value is -1.42. The molecular formula is C15H22O3Si. The molecule has 19 heavy (non-hydrogen) atoms. The third-order valence-corrected chi connectivity index (χ3v) is 8.25. The summed E-state index contributed by atoms with van der Waals surface area (Å²) in [6.45, 7) is 7.78. The van der Waals surface area contributed by atoms with Crippen LogP contribution in [0.15, 0.2) is 24.3 Å². The van der Waals surface area contributed by atoms with E-state index in [0.717, 1.165) is 18.1 Å². The highest BCUT2D eigenvalue weighted by Crippen LogP contribution is 2.23. The van der Waals surface area contributed by atoms with Gasteiger partial charge in [0.15, 0.2) is 5.78 Å². The number of benzene rings is 1. The molecule has 104 valence electrons. The van der Waals surface area contributed by atoms with Crippen LogP contribution < -0.4 is 0 Å². The maximum absolute atomic E-state index is 12.1. The molecule has 3 nitrogen and oxygen atoms in total. The van der Waals surface area contributed by atoms with Crippen LogP contribution in [0, 0.1) is 0 Å². The van der Waals surface area contributed by atoms with Gasteiger partial charge in [0.05, 0.1) is 5.56 Å². The van der Waals surface area contributed by atoms with Crippen LogP contribution in [-0.2, 0) is 4.43 Å². The summed E-state index contributed by atoms with van der Waals surface area (Å²) in [7, 11) is -1.92. The lowest BCUT2D eigenvalue weighted by molar-refractivity contribution is 0.0717. The molecule has 0 spiro atoms. The molecule has 1 rings (SSSR count). The van der Waals surface area contributed by atoms with Crippen LogP contribution in [0.5, 0.6) is 0 Å². The number of hydrogen-bond acceptors (Lipinski definition) is 3. The summed E-state index contributed by atoms with van der Waals surface area (Å²) in [5.74, 6) is -0.258. The van der Waals surface area contributed by atoms with Gasteiger partial charge in [0.25, 0.3) is 8.32 Å². The van der Waals surface area contributed by atoms with Crippen molar-refractivity contribution in [2.45, 2.75) is 45.8 Å². The van der Waals surface area contributed by atoms with Crippen LogP contribution in [0.1, 0.15) is 48.4 Å². The number of carbonyl (C=O) groups is 2. The van der Waals surface area contributed by atoms with Crippen LogP contribution >= 0.6 is 0 Å². The van der Waals surface area contributed by atoms with Gasteiger partial charge in [-0.25, -0.2) is 4.79 Å². The van der Waals surface area contributed by atoms with Crippen molar-refractivity contribution in [2.75, 3.05) is 0 Å². The summed E-state index contributed by atoms with van der Waals surface area (Å²) < 4.78 is 5.79. The maximum atomic E-state index is 12.1. The molecule has 0 heterocycles. The normalized spacial score (nSPS) is 11.2. The van der Waals surface area contributed by atoms with Gasteiger partial charge >= 0.3 is 5.97 Å². The van der Waals surface area contributed by atoms with Gasteiger partial charge in [0, 0.05) is 5.56 Å². The highest BCUT2D eigenvalue weighted by Gasteiger charge is 2.33. The zero-order valence-electron chi connectivity index (χ0n) is 12.2. The minimum Gasteiger partial charge on any atom is -0.516 e. The van der Waals surface area contributed by atoms with Crippen LogP contribution in [0.3, 0.4) is 0 Å². The van der Waals surface area contributed by atoms with Crippen molar-refractivity contribution in [2.24, 2.45) is 0 Å². The third-order valence-electron chi connectivity index (χ3n) is 3.77. The number of ketones is 1. The molecule has 0 saturated heterocycles. The fourth-order valence-corrected chi connectivity index (χ4v) is 4.51. The van der Waals surface area contributed by atoms with Crippen LogP contribution in [0.25, 0.3) is 0 Å². The van der Waals surface area contributed by atoms with Gasteiger partial charge in [-0.15, -0.1) is 0 Å². The first-order chi connectivity index (χ1) is 8.98. The zero-order chi connectivity index (χ0) is 14.5. The van der Waals surface area contributed by atoms with Gasteiger partial charge in [-0.05, 0) is 37.2 Å². The zero-order valence-corrected chi connectivity index (χ0v) is 13.2. The molecule has 4 heteroatoms. The minimum absolute atomic E-state index is 0.000635. The summed E-state index contributed by atoms with van der Waals surface area (Å²) >= 11 is 0. The van der Waals surface area contributed by atoms with Crippen molar-refractivity contribution < 1.29 is 14.0 Å². The van der Waals surface area contributed by atoms with E-state index < -0.39 is 8.32 Å². The smallest absolute Gasteiger partial charge is 0.324 e. The van der Waals surface area contributed by atoms with E-state index in [1.165, 1.54) is 6.92 Å². The molecule has 0 radical (unpaired) electrons. The Morgan fingerprint density at radius 1 is 0.947 bits per heavy atom. The second-order valence-electron chi connectivity index (χ2n) is 4.77. The molecule has 0 aliphatic rings. The lowest BCUT2D eigenvalue weighted by Gasteiger charge is -2.27. The SMILES string of the molecule is CC[Si](CC)(CC)OC(=O)c1ccc(C(C)=O)cc1. The van der Waals surface area contributed by atoms with E-state index >= 15 is 0 Å². The first-order valence-corrected chi connectivity index (χ1v) is 9.35. The monoisotopic (exact) mass is 278 g/mol. The van der Waals surface area contributed by atoms with E-state index in [9.17, 15) is 9.59 Å². The van der Waals surface area contributed by atoms with Crippen molar-refractivity contribution >= 4 is 20.1 Å². The van der Waals surface area contributed by atoms with Gasteiger partial charge in [-0.3, -0.25) is 4.79 Å². The molecule has 0 aliphatic carbocycles. The van der Waals surface area contributed by atoms with Crippen molar-refractivity contribution in [3.63, 3.8) is 0 Å². The third kappa shape index (κ3) is 3.77. The summed E-state index contributed by atoms with van der Waals surface area (Å²) in [4.78, 5) is 23.3. The second kappa shape index (κ2) is 6.66. The maximum Gasteiger partial charge on any atom is 0.324 e. The van der Waals surface area contributed by atoms with E-state index in [1.807, 2.05) is 0 Å². The minimum atomic E-state index is -1.92. The highest BCUT2D eigenvalue weighted by atomic mass is 28.4. The predicted octanol–water partition coefficient (Wildman–Crippen LogP) is 4.05. The van der Waals surface area contributed by atoms with E-state index in [1.54, 1.807) is 24.3 Å². The molecule has 0 aromatic heterocycles. The highest BCUT2D eigenvalue weighted by molar-refractivity contribution is 6.75. The average Bonchev–Trinajstić information content (AvgIpc) is 2.45. The van der Waals surface area contributed by atoms with E-state index in [4.69, 9.17) is 4.43 Å². The first-order valence-electron chi connectivity index (χ1n) is 6.82. The molecule has 0 saturated carbocycles.